The summed E-state index contributed by atoms with van der Waals surface area (Å²) in [6.07, 6.45) is 10.7. The average Bonchev–Trinajstić information content (AvgIpc) is 2.85. The summed E-state index contributed by atoms with van der Waals surface area (Å²) >= 11 is 0. The number of allylic oxidation sites excluding steroid dienone is 6. The molecule has 4 rings (SSSR count). The molecule has 0 spiro atoms. The van der Waals surface area contributed by atoms with E-state index in [2.05, 4.69) is 84.8 Å². The van der Waals surface area contributed by atoms with Crippen molar-refractivity contribution in [1.82, 2.24) is 0 Å². The molecular weight excluding hydrogens is 328 g/mol. The first-order valence-electron chi connectivity index (χ1n) is 9.16. The fraction of sp³-hybridized carbons (Fsp3) is 0.120. The normalized spacial score (nSPS) is 15.4. The number of hydrogen-bond donors (Lipinski definition) is 0. The fourth-order valence-electron chi connectivity index (χ4n) is 3.70. The monoisotopic (exact) mass is 350 g/mol. The molecule has 2 aliphatic rings. The van der Waals surface area contributed by atoms with E-state index in [1.807, 2.05) is 12.1 Å². The Hall–Kier alpha value is -3.26. The Morgan fingerprint density at radius 3 is 2.74 bits per heavy atom. The molecule has 27 heavy (non-hydrogen) atoms. The molecule has 0 saturated carbocycles. The van der Waals surface area contributed by atoms with Crippen LogP contribution in [0, 0.1) is 6.92 Å². The lowest BCUT2D eigenvalue weighted by atomic mass is 10.0. The molecule has 0 atom stereocenters. The van der Waals surface area contributed by atoms with E-state index in [1.165, 1.54) is 27.8 Å². The topological polar surface area (TPSA) is 24.7 Å². The maximum Gasteiger partial charge on any atom is 0.159 e. The van der Waals surface area contributed by atoms with Crippen molar-refractivity contribution in [3.05, 3.63) is 107 Å². The minimum absolute atomic E-state index is 0.613. The molecule has 2 aliphatic carbocycles. The predicted molar refractivity (Wildman–Crippen MR) is 116 cm³/mol. The van der Waals surface area contributed by atoms with Gasteiger partial charge in [0.1, 0.15) is 0 Å². The summed E-state index contributed by atoms with van der Waals surface area (Å²) < 4.78 is 0. The van der Waals surface area contributed by atoms with Crippen LogP contribution in [-0.2, 0) is 6.42 Å². The van der Waals surface area contributed by atoms with Gasteiger partial charge in [-0.25, -0.2) is 9.98 Å². The van der Waals surface area contributed by atoms with Gasteiger partial charge in [0, 0.05) is 5.56 Å². The molecule has 0 heterocycles. The van der Waals surface area contributed by atoms with Crippen LogP contribution in [0.3, 0.4) is 0 Å². The van der Waals surface area contributed by atoms with Crippen LogP contribution < -0.4 is 0 Å². The fourth-order valence-corrected chi connectivity index (χ4v) is 3.70. The molecule has 0 fully saturated rings. The van der Waals surface area contributed by atoms with Gasteiger partial charge in [-0.15, -0.1) is 0 Å². The first kappa shape index (κ1) is 17.2. The molecule has 0 N–H and O–H groups in total. The number of aliphatic imine (C=N–C) groups is 2. The van der Waals surface area contributed by atoms with Crippen molar-refractivity contribution in [2.45, 2.75) is 19.8 Å². The molecular formula is C25H22N2. The first-order valence-corrected chi connectivity index (χ1v) is 9.16. The molecule has 2 nitrogen and oxygen atoms in total. The Morgan fingerprint density at radius 2 is 1.93 bits per heavy atom. The highest BCUT2D eigenvalue weighted by atomic mass is 14.9. The summed E-state index contributed by atoms with van der Waals surface area (Å²) in [7, 11) is 0. The summed E-state index contributed by atoms with van der Waals surface area (Å²) in [6.45, 7) is 9.91. The highest BCUT2D eigenvalue weighted by molar-refractivity contribution is 6.04. The van der Waals surface area contributed by atoms with Crippen molar-refractivity contribution in [3.63, 3.8) is 0 Å². The largest absolute Gasteiger partial charge is 0.245 e. The van der Waals surface area contributed by atoms with Crippen molar-refractivity contribution in [2.75, 3.05) is 0 Å². The van der Waals surface area contributed by atoms with E-state index < -0.39 is 0 Å². The molecule has 0 unspecified atom stereocenters. The van der Waals surface area contributed by atoms with Gasteiger partial charge in [0.2, 0.25) is 0 Å². The lowest BCUT2D eigenvalue weighted by Gasteiger charge is -2.08. The van der Waals surface area contributed by atoms with E-state index in [1.54, 1.807) is 0 Å². The van der Waals surface area contributed by atoms with E-state index in [0.717, 1.165) is 24.0 Å². The van der Waals surface area contributed by atoms with Gasteiger partial charge in [-0.1, -0.05) is 72.4 Å². The van der Waals surface area contributed by atoms with Crippen LogP contribution in [0.15, 0.2) is 88.9 Å². The summed E-state index contributed by atoms with van der Waals surface area (Å²) in [5, 5.41) is 0. The third-order valence-corrected chi connectivity index (χ3v) is 5.05. The lowest BCUT2D eigenvalue weighted by Crippen LogP contribution is -1.99. The number of nitrogens with zero attached hydrogens (tertiary/aromatic N) is 2. The third kappa shape index (κ3) is 3.39. The SMILES string of the molecule is C=N/C(=N\C(=C)c1cccc(C)c1)c1ccc2c(c1)CC1=C2C=CC=CC1. The number of amidine groups is 1. The molecule has 2 aromatic rings. The molecule has 2 heteroatoms. The van der Waals surface area contributed by atoms with Gasteiger partial charge in [-0.3, -0.25) is 0 Å². The Labute approximate surface area is 160 Å². The summed E-state index contributed by atoms with van der Waals surface area (Å²) in [4.78, 5) is 8.84. The van der Waals surface area contributed by atoms with Crippen molar-refractivity contribution in [3.8, 4) is 0 Å². The number of fused-ring (bicyclic) bond motifs is 2. The Morgan fingerprint density at radius 1 is 1.04 bits per heavy atom. The number of benzene rings is 2. The van der Waals surface area contributed by atoms with Gasteiger partial charge in [0.25, 0.3) is 0 Å². The van der Waals surface area contributed by atoms with Crippen molar-refractivity contribution < 1.29 is 0 Å². The van der Waals surface area contributed by atoms with E-state index in [-0.39, 0.29) is 0 Å². The third-order valence-electron chi connectivity index (χ3n) is 5.05. The van der Waals surface area contributed by atoms with Crippen LogP contribution >= 0.6 is 0 Å². The summed E-state index contributed by atoms with van der Waals surface area (Å²) in [6, 6.07) is 14.6. The minimum Gasteiger partial charge on any atom is -0.245 e. The van der Waals surface area contributed by atoms with Crippen LogP contribution in [0.5, 0.6) is 0 Å². The average molecular weight is 350 g/mol. The molecule has 0 aromatic heterocycles. The van der Waals surface area contributed by atoms with Crippen molar-refractivity contribution in [2.24, 2.45) is 9.98 Å². The Kier molecular flexibility index (Phi) is 4.55. The van der Waals surface area contributed by atoms with Crippen LogP contribution in [0.1, 0.15) is 34.2 Å². The smallest absolute Gasteiger partial charge is 0.159 e. The second kappa shape index (κ2) is 7.16. The number of hydrogen-bond acceptors (Lipinski definition) is 1. The Bertz CT molecular complexity index is 1060. The van der Waals surface area contributed by atoms with Gasteiger partial charge in [-0.2, -0.15) is 0 Å². The Balaban J connectivity index is 1.66. The van der Waals surface area contributed by atoms with E-state index in [0.29, 0.717) is 11.5 Å². The summed E-state index contributed by atoms with van der Waals surface area (Å²) in [5.74, 6) is 0.613. The second-order valence-electron chi connectivity index (χ2n) is 6.97. The lowest BCUT2D eigenvalue weighted by molar-refractivity contribution is 1.11. The van der Waals surface area contributed by atoms with Crippen molar-refractivity contribution in [1.29, 1.82) is 0 Å². The standard InChI is InChI=1S/C25H22N2/c1-17-8-7-10-19(14-17)18(2)27-25(26-3)21-12-13-24-22(16-21)15-20-9-5-4-6-11-23(20)24/h4-8,10-14,16H,2-3,9,15H2,1H3/b27-25-. The summed E-state index contributed by atoms with van der Waals surface area (Å²) in [5.41, 5.74) is 9.34. The van der Waals surface area contributed by atoms with Gasteiger partial charge >= 0.3 is 0 Å². The van der Waals surface area contributed by atoms with E-state index in [9.17, 15) is 0 Å². The molecule has 0 saturated heterocycles. The van der Waals surface area contributed by atoms with Crippen LogP contribution in [0.25, 0.3) is 11.3 Å². The molecule has 0 bridgehead atoms. The highest BCUT2D eigenvalue weighted by Gasteiger charge is 2.20. The van der Waals surface area contributed by atoms with Gasteiger partial charge < -0.3 is 0 Å². The van der Waals surface area contributed by atoms with Gasteiger partial charge in [0.05, 0.1) is 5.70 Å². The van der Waals surface area contributed by atoms with Crippen LogP contribution in [0.2, 0.25) is 0 Å². The van der Waals surface area contributed by atoms with Gasteiger partial charge in [0.15, 0.2) is 5.84 Å². The van der Waals surface area contributed by atoms with E-state index >= 15 is 0 Å². The molecule has 0 amide bonds. The zero-order valence-electron chi connectivity index (χ0n) is 15.6. The zero-order chi connectivity index (χ0) is 18.8. The molecule has 132 valence electrons. The predicted octanol–water partition coefficient (Wildman–Crippen LogP) is 5.94. The highest BCUT2D eigenvalue weighted by Crippen LogP contribution is 2.37. The van der Waals surface area contributed by atoms with Crippen LogP contribution in [0.4, 0.5) is 0 Å². The first-order chi connectivity index (χ1) is 13.2. The second-order valence-corrected chi connectivity index (χ2v) is 6.97. The number of aryl methyl sites for hydroxylation is 1. The van der Waals surface area contributed by atoms with Gasteiger partial charge in [-0.05, 0) is 60.9 Å². The minimum atomic E-state index is 0.613. The molecule has 0 radical (unpaired) electrons. The maximum absolute atomic E-state index is 4.66. The van der Waals surface area contributed by atoms with Crippen molar-refractivity contribution >= 4 is 23.8 Å². The molecule has 0 aliphatic heterocycles. The number of rotatable bonds is 3. The molecule has 2 aromatic carbocycles. The maximum atomic E-state index is 4.66. The van der Waals surface area contributed by atoms with E-state index in [4.69, 9.17) is 0 Å². The van der Waals surface area contributed by atoms with Crippen LogP contribution in [-0.4, -0.2) is 12.6 Å². The quantitative estimate of drug-likeness (QED) is 0.483. The zero-order valence-corrected chi connectivity index (χ0v) is 15.6.